The van der Waals surface area contributed by atoms with Gasteiger partial charge in [0.15, 0.2) is 0 Å². The summed E-state index contributed by atoms with van der Waals surface area (Å²) in [7, 11) is 0. The zero-order valence-corrected chi connectivity index (χ0v) is 13.0. The van der Waals surface area contributed by atoms with Crippen LogP contribution in [-0.4, -0.2) is 19.3 Å². The van der Waals surface area contributed by atoms with Gasteiger partial charge >= 0.3 is 0 Å². The lowest BCUT2D eigenvalue weighted by molar-refractivity contribution is 0.00392. The summed E-state index contributed by atoms with van der Waals surface area (Å²) >= 11 is 0. The van der Waals surface area contributed by atoms with Crippen LogP contribution in [0.1, 0.15) is 50.0 Å². The second-order valence-electron chi connectivity index (χ2n) is 6.02. The molecule has 1 saturated heterocycles. The molecule has 0 saturated carbocycles. The smallest absolute Gasteiger partial charge is 0.134 e. The summed E-state index contributed by atoms with van der Waals surface area (Å²) in [6.07, 6.45) is 5.00. The number of furan rings is 1. The topological polar surface area (TPSA) is 34.4 Å². The van der Waals surface area contributed by atoms with E-state index in [2.05, 4.69) is 43.4 Å². The highest BCUT2D eigenvalue weighted by Gasteiger charge is 2.22. The highest BCUT2D eigenvalue weighted by Crippen LogP contribution is 2.29. The summed E-state index contributed by atoms with van der Waals surface area (Å²) in [5, 5.41) is 4.74. The van der Waals surface area contributed by atoms with Crippen LogP contribution < -0.4 is 5.32 Å². The van der Waals surface area contributed by atoms with E-state index in [0.717, 1.165) is 30.9 Å². The predicted molar refractivity (Wildman–Crippen MR) is 85.6 cm³/mol. The summed E-state index contributed by atoms with van der Waals surface area (Å²) in [5.74, 6) is 1.03. The highest BCUT2D eigenvalue weighted by molar-refractivity contribution is 5.78. The molecule has 2 aromatic rings. The fraction of sp³-hybridized carbons (Fsp3) is 0.556. The second kappa shape index (κ2) is 6.63. The van der Waals surface area contributed by atoms with Crippen molar-refractivity contribution in [2.45, 2.75) is 51.7 Å². The summed E-state index contributed by atoms with van der Waals surface area (Å²) in [6.45, 7) is 6.10. The van der Waals surface area contributed by atoms with E-state index >= 15 is 0 Å². The first kappa shape index (κ1) is 14.6. The van der Waals surface area contributed by atoms with Crippen molar-refractivity contribution in [2.75, 3.05) is 13.2 Å². The fourth-order valence-electron chi connectivity index (χ4n) is 3.16. The summed E-state index contributed by atoms with van der Waals surface area (Å²) in [4.78, 5) is 0. The number of rotatable bonds is 5. The molecule has 21 heavy (non-hydrogen) atoms. The van der Waals surface area contributed by atoms with Gasteiger partial charge in [0.2, 0.25) is 0 Å². The van der Waals surface area contributed by atoms with Crippen molar-refractivity contribution in [1.29, 1.82) is 0 Å². The van der Waals surface area contributed by atoms with Gasteiger partial charge in [-0.3, -0.25) is 0 Å². The van der Waals surface area contributed by atoms with Gasteiger partial charge in [-0.25, -0.2) is 0 Å². The average molecular weight is 287 g/mol. The van der Waals surface area contributed by atoms with E-state index in [-0.39, 0.29) is 6.04 Å². The molecule has 1 fully saturated rings. The van der Waals surface area contributed by atoms with E-state index in [1.807, 2.05) is 0 Å². The van der Waals surface area contributed by atoms with Crippen LogP contribution in [0.5, 0.6) is 0 Å². The van der Waals surface area contributed by atoms with Crippen LogP contribution in [0, 0.1) is 6.92 Å². The van der Waals surface area contributed by atoms with E-state index in [4.69, 9.17) is 9.15 Å². The minimum atomic E-state index is 0.241. The Morgan fingerprint density at radius 3 is 2.95 bits per heavy atom. The number of hydrogen-bond acceptors (Lipinski definition) is 3. The van der Waals surface area contributed by atoms with Gasteiger partial charge in [-0.15, -0.1) is 0 Å². The van der Waals surface area contributed by atoms with Gasteiger partial charge in [0, 0.05) is 12.0 Å². The van der Waals surface area contributed by atoms with E-state index in [0.29, 0.717) is 6.10 Å². The van der Waals surface area contributed by atoms with Crippen molar-refractivity contribution in [3.63, 3.8) is 0 Å². The lowest BCUT2D eigenvalue weighted by atomic mass is 10.00. The Bertz CT molecular complexity index is 584. The number of ether oxygens (including phenoxy) is 1. The second-order valence-corrected chi connectivity index (χ2v) is 6.02. The molecule has 3 heteroatoms. The molecule has 1 aliphatic heterocycles. The van der Waals surface area contributed by atoms with Crippen molar-refractivity contribution in [2.24, 2.45) is 0 Å². The van der Waals surface area contributed by atoms with Crippen molar-refractivity contribution in [1.82, 2.24) is 5.32 Å². The molecule has 1 aliphatic rings. The van der Waals surface area contributed by atoms with Crippen molar-refractivity contribution >= 4 is 11.0 Å². The largest absolute Gasteiger partial charge is 0.459 e. The van der Waals surface area contributed by atoms with Crippen LogP contribution in [0.4, 0.5) is 0 Å². The molecule has 0 spiro atoms. The molecule has 0 aliphatic carbocycles. The Hall–Kier alpha value is -1.32. The van der Waals surface area contributed by atoms with E-state index < -0.39 is 0 Å². The third kappa shape index (κ3) is 3.47. The maximum absolute atomic E-state index is 6.06. The zero-order valence-electron chi connectivity index (χ0n) is 13.0. The molecule has 2 heterocycles. The number of nitrogens with one attached hydrogen (secondary N) is 1. The molecule has 1 aromatic heterocycles. The molecule has 2 atom stereocenters. The minimum absolute atomic E-state index is 0.241. The number of benzene rings is 1. The van der Waals surface area contributed by atoms with Gasteiger partial charge in [-0.05, 0) is 57.4 Å². The van der Waals surface area contributed by atoms with E-state index in [1.165, 1.54) is 30.2 Å². The van der Waals surface area contributed by atoms with Crippen molar-refractivity contribution in [3.8, 4) is 0 Å². The molecule has 0 radical (unpaired) electrons. The molecule has 3 rings (SSSR count). The minimum Gasteiger partial charge on any atom is -0.459 e. The zero-order chi connectivity index (χ0) is 14.7. The fourth-order valence-corrected chi connectivity index (χ4v) is 3.16. The van der Waals surface area contributed by atoms with Gasteiger partial charge < -0.3 is 14.5 Å². The van der Waals surface area contributed by atoms with Gasteiger partial charge in [0.1, 0.15) is 11.3 Å². The van der Waals surface area contributed by atoms with Crippen LogP contribution in [0.15, 0.2) is 28.7 Å². The molecule has 1 aromatic carbocycles. The Morgan fingerprint density at radius 1 is 1.29 bits per heavy atom. The predicted octanol–water partition coefficient (Wildman–Crippen LogP) is 4.35. The van der Waals surface area contributed by atoms with Gasteiger partial charge in [-0.1, -0.05) is 18.6 Å². The lowest BCUT2D eigenvalue weighted by Gasteiger charge is -2.26. The first-order chi connectivity index (χ1) is 10.3. The molecule has 3 nitrogen and oxygen atoms in total. The molecular formula is C18H25NO2. The highest BCUT2D eigenvalue weighted by atomic mass is 16.5. The third-order valence-electron chi connectivity index (χ3n) is 4.26. The maximum atomic E-state index is 6.06. The molecule has 2 unspecified atom stereocenters. The monoisotopic (exact) mass is 287 g/mol. The van der Waals surface area contributed by atoms with Crippen LogP contribution in [-0.2, 0) is 4.74 Å². The Balaban J connectivity index is 1.80. The molecule has 114 valence electrons. The summed E-state index contributed by atoms with van der Waals surface area (Å²) in [5.41, 5.74) is 2.24. The van der Waals surface area contributed by atoms with Crippen molar-refractivity contribution < 1.29 is 9.15 Å². The van der Waals surface area contributed by atoms with Gasteiger partial charge in [-0.2, -0.15) is 0 Å². The van der Waals surface area contributed by atoms with Gasteiger partial charge in [0.25, 0.3) is 0 Å². The van der Waals surface area contributed by atoms with Gasteiger partial charge in [0.05, 0.1) is 12.1 Å². The quantitative estimate of drug-likeness (QED) is 0.887. The molecule has 1 N–H and O–H groups in total. The normalized spacial score (nSPS) is 20.8. The SMILES string of the molecule is CCNC(CC1CCCCO1)c1cc2cc(C)ccc2o1. The Morgan fingerprint density at radius 2 is 2.19 bits per heavy atom. The first-order valence-electron chi connectivity index (χ1n) is 8.11. The molecule has 0 amide bonds. The van der Waals surface area contributed by atoms with Crippen LogP contribution in [0.25, 0.3) is 11.0 Å². The first-order valence-corrected chi connectivity index (χ1v) is 8.11. The number of hydrogen-bond donors (Lipinski definition) is 1. The molecular weight excluding hydrogens is 262 g/mol. The lowest BCUT2D eigenvalue weighted by Crippen LogP contribution is -2.28. The molecule has 0 bridgehead atoms. The third-order valence-corrected chi connectivity index (χ3v) is 4.26. The van der Waals surface area contributed by atoms with E-state index in [9.17, 15) is 0 Å². The average Bonchev–Trinajstić information content (AvgIpc) is 2.91. The number of aryl methyl sites for hydroxylation is 1. The van der Waals surface area contributed by atoms with Crippen LogP contribution in [0.3, 0.4) is 0 Å². The standard InChI is InChI=1S/C18H25NO2/c1-3-19-16(12-15-6-4-5-9-20-15)18-11-14-10-13(2)7-8-17(14)21-18/h7-8,10-11,15-16,19H,3-6,9,12H2,1-2H3. The Labute approximate surface area is 126 Å². The van der Waals surface area contributed by atoms with E-state index in [1.54, 1.807) is 0 Å². The van der Waals surface area contributed by atoms with Crippen molar-refractivity contribution in [3.05, 3.63) is 35.6 Å². The summed E-state index contributed by atoms with van der Waals surface area (Å²) < 4.78 is 11.9. The van der Waals surface area contributed by atoms with Crippen LogP contribution >= 0.6 is 0 Å². The summed E-state index contributed by atoms with van der Waals surface area (Å²) in [6, 6.07) is 8.77. The number of fused-ring (bicyclic) bond motifs is 1. The Kier molecular flexibility index (Phi) is 4.61. The van der Waals surface area contributed by atoms with Crippen LogP contribution in [0.2, 0.25) is 0 Å². The maximum Gasteiger partial charge on any atom is 0.134 e.